The van der Waals surface area contributed by atoms with Crippen LogP contribution in [0.4, 0.5) is 0 Å². The molecule has 0 amide bonds. The molecule has 0 aliphatic heterocycles. The van der Waals surface area contributed by atoms with Crippen LogP contribution in [-0.2, 0) is 11.2 Å². The van der Waals surface area contributed by atoms with E-state index in [0.717, 1.165) is 0 Å². The molecule has 1 aromatic rings. The lowest BCUT2D eigenvalue weighted by atomic mass is 9.97. The summed E-state index contributed by atoms with van der Waals surface area (Å²) in [4.78, 5) is 11.1. The topological polar surface area (TPSA) is 37.3 Å². The van der Waals surface area contributed by atoms with Gasteiger partial charge in [0.2, 0.25) is 0 Å². The van der Waals surface area contributed by atoms with Gasteiger partial charge in [-0.3, -0.25) is 4.79 Å². The molecular formula is C13H18O2. The molecule has 0 aliphatic carbocycles. The highest BCUT2D eigenvalue weighted by Gasteiger charge is 2.12. The highest BCUT2D eigenvalue weighted by atomic mass is 16.4. The Bertz CT molecular complexity index is 477. The number of aliphatic carboxylic acids is 1. The maximum absolute atomic E-state index is 11.1. The van der Waals surface area contributed by atoms with Crippen molar-refractivity contribution in [3.63, 3.8) is 0 Å². The summed E-state index contributed by atoms with van der Waals surface area (Å²) in [5.74, 6) is -3.25. The largest absolute Gasteiger partial charge is 0.481 e. The van der Waals surface area contributed by atoms with Crippen LogP contribution in [0.3, 0.4) is 0 Å². The first-order chi connectivity index (χ1) is 8.98. The summed E-state index contributed by atoms with van der Waals surface area (Å²) in [6.45, 7) is 0.858. The first kappa shape index (κ1) is 6.31. The van der Waals surface area contributed by atoms with Crippen LogP contribution in [0, 0.1) is 5.92 Å². The minimum Gasteiger partial charge on any atom is -0.481 e. The molecule has 2 nitrogen and oxygen atoms in total. The zero-order valence-corrected chi connectivity index (χ0v) is 8.82. The molecule has 0 fully saturated rings. The van der Waals surface area contributed by atoms with E-state index in [0.29, 0.717) is 5.56 Å². The summed E-state index contributed by atoms with van der Waals surface area (Å²) in [7, 11) is 0. The predicted molar refractivity (Wildman–Crippen MR) is 61.0 cm³/mol. The van der Waals surface area contributed by atoms with Crippen LogP contribution in [0.25, 0.3) is 0 Å². The second kappa shape index (κ2) is 4.96. The van der Waals surface area contributed by atoms with Gasteiger partial charge in [0.25, 0.3) is 0 Å². The molecule has 0 heterocycles. The lowest BCUT2D eigenvalue weighted by molar-refractivity contribution is -0.138. The quantitative estimate of drug-likeness (QED) is 0.831. The van der Waals surface area contributed by atoms with Crippen molar-refractivity contribution in [2.75, 3.05) is 0 Å². The van der Waals surface area contributed by atoms with Gasteiger partial charge in [-0.05, 0) is 30.3 Å². The first-order valence-electron chi connectivity index (χ1n) is 7.31. The van der Waals surface area contributed by atoms with E-state index in [9.17, 15) is 4.79 Å². The van der Waals surface area contributed by atoms with Gasteiger partial charge in [-0.25, -0.2) is 0 Å². The lowest BCUT2D eigenvalue weighted by Gasteiger charge is -2.09. The fourth-order valence-electron chi connectivity index (χ4n) is 1.25. The van der Waals surface area contributed by atoms with Crippen molar-refractivity contribution in [3.05, 3.63) is 35.4 Å². The van der Waals surface area contributed by atoms with Gasteiger partial charge in [-0.15, -0.1) is 0 Å². The van der Waals surface area contributed by atoms with E-state index in [1.807, 2.05) is 0 Å². The number of rotatable bonds is 4. The molecule has 0 aliphatic rings. The lowest BCUT2D eigenvalue weighted by Crippen LogP contribution is -2.07. The fourth-order valence-corrected chi connectivity index (χ4v) is 1.25. The Morgan fingerprint density at radius 2 is 2.07 bits per heavy atom. The highest BCUT2D eigenvalue weighted by Crippen LogP contribution is 2.17. The van der Waals surface area contributed by atoms with Crippen molar-refractivity contribution < 1.29 is 16.8 Å². The van der Waals surface area contributed by atoms with E-state index >= 15 is 0 Å². The Hall–Kier alpha value is -1.31. The molecule has 0 saturated heterocycles. The number of carbonyl (C=O) groups is 1. The molecule has 0 spiro atoms. The number of benzene rings is 1. The monoisotopic (exact) mass is 211 g/mol. The third-order valence-corrected chi connectivity index (χ3v) is 1.95. The minimum absolute atomic E-state index is 0.154. The molecule has 1 atom stereocenters. The Labute approximate surface area is 98.0 Å². The Morgan fingerprint density at radius 1 is 1.47 bits per heavy atom. The summed E-state index contributed by atoms with van der Waals surface area (Å²) in [5.41, 5.74) is 0.562. The minimum atomic E-state index is -2.63. The molecule has 0 radical (unpaired) electrons. The van der Waals surface area contributed by atoms with Gasteiger partial charge in [0, 0.05) is 6.85 Å². The predicted octanol–water partition coefficient (Wildman–Crippen LogP) is 3.07. The van der Waals surface area contributed by atoms with E-state index in [1.54, 1.807) is 13.8 Å². The molecule has 0 saturated carbocycles. The summed E-state index contributed by atoms with van der Waals surface area (Å²) >= 11 is 0. The molecule has 82 valence electrons. The molecule has 1 unspecified atom stereocenters. The van der Waals surface area contributed by atoms with Gasteiger partial charge < -0.3 is 5.11 Å². The zero-order valence-electron chi connectivity index (χ0n) is 13.8. The highest BCUT2D eigenvalue weighted by molar-refractivity contribution is 5.75. The molecular weight excluding hydrogens is 188 g/mol. The van der Waals surface area contributed by atoms with Crippen molar-refractivity contribution in [3.8, 4) is 0 Å². The van der Waals surface area contributed by atoms with Gasteiger partial charge in [-0.1, -0.05) is 38.1 Å². The maximum atomic E-state index is 11.1. The molecule has 1 rings (SSSR count). The molecule has 15 heavy (non-hydrogen) atoms. The Morgan fingerprint density at radius 3 is 2.47 bits per heavy atom. The second-order valence-electron chi connectivity index (χ2n) is 3.69. The van der Waals surface area contributed by atoms with Crippen molar-refractivity contribution in [2.24, 2.45) is 5.92 Å². The van der Waals surface area contributed by atoms with Gasteiger partial charge in [0.05, 0.1) is 5.92 Å². The first-order valence-corrected chi connectivity index (χ1v) is 4.81. The summed E-state index contributed by atoms with van der Waals surface area (Å²) < 4.78 is 37.7. The smallest absolute Gasteiger partial charge is 0.310 e. The molecule has 0 bridgehead atoms. The van der Waals surface area contributed by atoms with Gasteiger partial charge >= 0.3 is 5.97 Å². The van der Waals surface area contributed by atoms with E-state index in [1.165, 1.54) is 24.3 Å². The SMILES string of the molecule is [2H]C([2H])([2H])C(C(=O)O)c1ccc(C([2H])([2H])C(C)C)cc1. The summed E-state index contributed by atoms with van der Waals surface area (Å²) in [6, 6.07) is 5.66. The Kier molecular flexibility index (Phi) is 2.09. The van der Waals surface area contributed by atoms with Crippen molar-refractivity contribution in [2.45, 2.75) is 33.0 Å². The van der Waals surface area contributed by atoms with Crippen molar-refractivity contribution in [1.29, 1.82) is 0 Å². The molecule has 2 heteroatoms. The average Bonchev–Trinajstić information content (AvgIpc) is 2.27. The second-order valence-corrected chi connectivity index (χ2v) is 3.69. The third kappa shape index (κ3) is 3.39. The zero-order chi connectivity index (χ0) is 15.7. The van der Waals surface area contributed by atoms with Crippen molar-refractivity contribution >= 4 is 5.97 Å². The van der Waals surface area contributed by atoms with E-state index in [-0.39, 0.29) is 11.5 Å². The molecule has 1 N–H and O–H groups in total. The van der Waals surface area contributed by atoms with Crippen molar-refractivity contribution in [1.82, 2.24) is 0 Å². The number of carboxylic acids is 1. The normalized spacial score (nSPS) is 19.5. The number of carboxylic acid groups (broad SMARTS) is 1. The van der Waals surface area contributed by atoms with Crippen LogP contribution in [0.2, 0.25) is 0 Å². The van der Waals surface area contributed by atoms with Gasteiger partial charge in [0.1, 0.15) is 0 Å². The number of hydrogen-bond donors (Lipinski definition) is 1. The van der Waals surface area contributed by atoms with Crippen LogP contribution < -0.4 is 0 Å². The molecule has 1 aromatic carbocycles. The van der Waals surface area contributed by atoms with Gasteiger partial charge in [0.15, 0.2) is 0 Å². The average molecular weight is 211 g/mol. The van der Waals surface area contributed by atoms with Crippen LogP contribution in [-0.4, -0.2) is 11.1 Å². The Balaban J connectivity index is 3.16. The van der Waals surface area contributed by atoms with Crippen LogP contribution in [0.5, 0.6) is 0 Å². The van der Waals surface area contributed by atoms with Crippen LogP contribution in [0.1, 0.15) is 44.6 Å². The maximum Gasteiger partial charge on any atom is 0.310 e. The van der Waals surface area contributed by atoms with E-state index < -0.39 is 25.1 Å². The third-order valence-electron chi connectivity index (χ3n) is 1.95. The summed E-state index contributed by atoms with van der Waals surface area (Å²) in [5, 5.41) is 9.05. The fraction of sp³-hybridized carbons (Fsp3) is 0.462. The summed E-state index contributed by atoms with van der Waals surface area (Å²) in [6.07, 6.45) is -1.54. The van der Waals surface area contributed by atoms with Crippen LogP contribution in [0.15, 0.2) is 24.3 Å². The van der Waals surface area contributed by atoms with E-state index in [4.69, 9.17) is 12.0 Å². The van der Waals surface area contributed by atoms with Gasteiger partial charge in [-0.2, -0.15) is 0 Å². The standard InChI is InChI=1S/C13H18O2/c1-9(2)8-11-4-6-12(7-5-11)10(3)13(14)15/h4-7,9-10H,8H2,1-3H3,(H,14,15)/i3D3,8D2. The molecule has 0 aromatic heterocycles. The number of hydrogen-bond acceptors (Lipinski definition) is 1. The van der Waals surface area contributed by atoms with E-state index in [2.05, 4.69) is 0 Å². The van der Waals surface area contributed by atoms with Crippen LogP contribution >= 0.6 is 0 Å².